The zero-order valence-electron chi connectivity index (χ0n) is 15.0. The zero-order chi connectivity index (χ0) is 18.2. The summed E-state index contributed by atoms with van der Waals surface area (Å²) in [6.45, 7) is 4.23. The van der Waals surface area contributed by atoms with Gasteiger partial charge in [-0.2, -0.15) is 0 Å². The maximum absolute atomic E-state index is 10.4. The number of furan rings is 1. The van der Waals surface area contributed by atoms with Crippen LogP contribution < -0.4 is 4.74 Å². The van der Waals surface area contributed by atoms with Crippen LogP contribution in [0, 0.1) is 6.92 Å². The van der Waals surface area contributed by atoms with E-state index in [4.69, 9.17) is 9.15 Å². The summed E-state index contributed by atoms with van der Waals surface area (Å²) < 4.78 is 11.2. The highest BCUT2D eigenvalue weighted by atomic mass is 16.5. The topological polar surface area (TPSA) is 45.8 Å². The smallest absolute Gasteiger partial charge is 0.119 e. The van der Waals surface area contributed by atoms with Gasteiger partial charge in [0.2, 0.25) is 0 Å². The van der Waals surface area contributed by atoms with Crippen LogP contribution in [-0.2, 0) is 13.1 Å². The number of aliphatic hydroxyl groups excluding tert-OH is 1. The van der Waals surface area contributed by atoms with Crippen LogP contribution in [0.4, 0.5) is 0 Å². The van der Waals surface area contributed by atoms with Crippen LogP contribution in [0.5, 0.6) is 5.75 Å². The first-order valence-corrected chi connectivity index (χ1v) is 8.85. The van der Waals surface area contributed by atoms with Crippen molar-refractivity contribution in [3.8, 4) is 5.75 Å². The molecular weight excluding hydrogens is 326 g/mol. The van der Waals surface area contributed by atoms with Crippen LogP contribution in [0.1, 0.15) is 16.9 Å². The van der Waals surface area contributed by atoms with Crippen LogP contribution in [0.3, 0.4) is 0 Å². The maximum atomic E-state index is 10.4. The second kappa shape index (κ2) is 9.22. The molecule has 1 aromatic heterocycles. The summed E-state index contributed by atoms with van der Waals surface area (Å²) >= 11 is 0. The Morgan fingerprint density at radius 2 is 1.85 bits per heavy atom. The van der Waals surface area contributed by atoms with E-state index in [2.05, 4.69) is 36.1 Å². The highest BCUT2D eigenvalue weighted by Gasteiger charge is 2.15. The molecule has 0 saturated heterocycles. The normalized spacial score (nSPS) is 12.3. The molecule has 4 heteroatoms. The van der Waals surface area contributed by atoms with Crippen molar-refractivity contribution in [3.05, 3.63) is 89.9 Å². The Kier molecular flexibility index (Phi) is 6.47. The van der Waals surface area contributed by atoms with Crippen molar-refractivity contribution < 1.29 is 14.3 Å². The lowest BCUT2D eigenvalue weighted by Crippen LogP contribution is -2.35. The fraction of sp³-hybridized carbons (Fsp3) is 0.273. The van der Waals surface area contributed by atoms with Gasteiger partial charge >= 0.3 is 0 Å². The Hall–Kier alpha value is -2.56. The summed E-state index contributed by atoms with van der Waals surface area (Å²) in [5.74, 6) is 1.65. The van der Waals surface area contributed by atoms with Crippen molar-refractivity contribution in [3.63, 3.8) is 0 Å². The van der Waals surface area contributed by atoms with Gasteiger partial charge < -0.3 is 14.3 Å². The van der Waals surface area contributed by atoms with Gasteiger partial charge in [0.25, 0.3) is 0 Å². The number of aryl methyl sites for hydroxylation is 1. The van der Waals surface area contributed by atoms with Crippen LogP contribution in [-0.4, -0.2) is 29.3 Å². The van der Waals surface area contributed by atoms with E-state index in [1.54, 1.807) is 6.26 Å². The predicted octanol–water partition coefficient (Wildman–Crippen LogP) is 4.03. The Morgan fingerprint density at radius 3 is 2.58 bits per heavy atom. The molecule has 1 atom stereocenters. The molecule has 0 bridgehead atoms. The van der Waals surface area contributed by atoms with Gasteiger partial charge in [-0.1, -0.05) is 48.0 Å². The van der Waals surface area contributed by atoms with Gasteiger partial charge in [0, 0.05) is 13.1 Å². The number of rotatable bonds is 9. The van der Waals surface area contributed by atoms with Crippen LogP contribution in [0.15, 0.2) is 77.4 Å². The molecule has 0 spiro atoms. The van der Waals surface area contributed by atoms with E-state index in [0.29, 0.717) is 13.1 Å². The summed E-state index contributed by atoms with van der Waals surface area (Å²) in [6.07, 6.45) is 1.09. The van der Waals surface area contributed by atoms with Crippen LogP contribution in [0.25, 0.3) is 0 Å². The fourth-order valence-corrected chi connectivity index (χ4v) is 2.94. The molecule has 3 aromatic rings. The van der Waals surface area contributed by atoms with E-state index in [9.17, 15) is 5.11 Å². The average molecular weight is 351 g/mol. The lowest BCUT2D eigenvalue weighted by Gasteiger charge is -2.24. The third kappa shape index (κ3) is 5.76. The number of hydrogen-bond acceptors (Lipinski definition) is 4. The number of benzene rings is 2. The summed E-state index contributed by atoms with van der Waals surface area (Å²) in [7, 11) is 0. The van der Waals surface area contributed by atoms with E-state index in [-0.39, 0.29) is 6.61 Å². The first-order chi connectivity index (χ1) is 12.7. The van der Waals surface area contributed by atoms with Crippen molar-refractivity contribution in [2.24, 2.45) is 0 Å². The van der Waals surface area contributed by atoms with E-state index in [1.165, 1.54) is 11.1 Å². The second-order valence-corrected chi connectivity index (χ2v) is 6.52. The highest BCUT2D eigenvalue weighted by Crippen LogP contribution is 2.14. The standard InChI is InChI=1S/C22H25NO3/c1-18-7-5-8-19(13-18)14-23(16-22-11-6-12-25-22)15-20(24)17-26-21-9-3-2-4-10-21/h2-13,20,24H,14-17H2,1H3/t20-/m1/s1. The number of aliphatic hydroxyl groups is 1. The van der Waals surface area contributed by atoms with Crippen molar-refractivity contribution >= 4 is 0 Å². The minimum absolute atomic E-state index is 0.256. The lowest BCUT2D eigenvalue weighted by atomic mass is 10.1. The molecule has 4 nitrogen and oxygen atoms in total. The molecule has 0 radical (unpaired) electrons. The molecule has 0 fully saturated rings. The lowest BCUT2D eigenvalue weighted by molar-refractivity contribution is 0.0604. The Labute approximate surface area is 154 Å². The largest absolute Gasteiger partial charge is 0.491 e. The Bertz CT molecular complexity index is 771. The minimum Gasteiger partial charge on any atom is -0.491 e. The third-order valence-electron chi connectivity index (χ3n) is 4.10. The monoisotopic (exact) mass is 351 g/mol. The molecule has 2 aromatic carbocycles. The molecule has 0 amide bonds. The van der Waals surface area contributed by atoms with Crippen molar-refractivity contribution in [2.45, 2.75) is 26.1 Å². The Balaban J connectivity index is 1.60. The quantitative estimate of drug-likeness (QED) is 0.632. The van der Waals surface area contributed by atoms with Gasteiger partial charge in [0.15, 0.2) is 0 Å². The van der Waals surface area contributed by atoms with Gasteiger partial charge in [-0.05, 0) is 36.8 Å². The SMILES string of the molecule is Cc1cccc(CN(Cc2ccco2)C[C@@H](O)COc2ccccc2)c1. The van der Waals surface area contributed by atoms with Crippen molar-refractivity contribution in [1.29, 1.82) is 0 Å². The van der Waals surface area contributed by atoms with Crippen LogP contribution in [0.2, 0.25) is 0 Å². The molecule has 3 rings (SSSR count). The molecule has 0 aliphatic rings. The van der Waals surface area contributed by atoms with E-state index in [0.717, 1.165) is 18.1 Å². The summed E-state index contributed by atoms with van der Waals surface area (Å²) in [5.41, 5.74) is 2.45. The first kappa shape index (κ1) is 18.2. The number of para-hydroxylation sites is 1. The van der Waals surface area contributed by atoms with Crippen molar-refractivity contribution in [1.82, 2.24) is 4.90 Å². The van der Waals surface area contributed by atoms with Gasteiger partial charge in [-0.25, -0.2) is 0 Å². The van der Waals surface area contributed by atoms with Crippen molar-refractivity contribution in [2.75, 3.05) is 13.2 Å². The van der Waals surface area contributed by atoms with Crippen LogP contribution >= 0.6 is 0 Å². The van der Waals surface area contributed by atoms with E-state index < -0.39 is 6.10 Å². The fourth-order valence-electron chi connectivity index (χ4n) is 2.94. The van der Waals surface area contributed by atoms with E-state index >= 15 is 0 Å². The molecular formula is C22H25NO3. The minimum atomic E-state index is -0.588. The van der Waals surface area contributed by atoms with E-state index in [1.807, 2.05) is 42.5 Å². The summed E-state index contributed by atoms with van der Waals surface area (Å²) in [4.78, 5) is 2.17. The third-order valence-corrected chi connectivity index (χ3v) is 4.10. The highest BCUT2D eigenvalue weighted by molar-refractivity contribution is 5.22. The van der Waals surface area contributed by atoms with Gasteiger partial charge in [-0.15, -0.1) is 0 Å². The number of ether oxygens (including phenoxy) is 1. The zero-order valence-corrected chi connectivity index (χ0v) is 15.0. The number of nitrogens with zero attached hydrogens (tertiary/aromatic N) is 1. The van der Waals surface area contributed by atoms with Gasteiger partial charge in [-0.3, -0.25) is 4.90 Å². The summed E-state index contributed by atoms with van der Waals surface area (Å²) in [6, 6.07) is 21.8. The maximum Gasteiger partial charge on any atom is 0.119 e. The Morgan fingerprint density at radius 1 is 1.00 bits per heavy atom. The van der Waals surface area contributed by atoms with Gasteiger partial charge in [0.05, 0.1) is 12.8 Å². The molecule has 0 unspecified atom stereocenters. The summed E-state index contributed by atoms with van der Waals surface area (Å²) in [5, 5.41) is 10.4. The van der Waals surface area contributed by atoms with Gasteiger partial charge in [0.1, 0.15) is 24.2 Å². The number of hydrogen-bond donors (Lipinski definition) is 1. The molecule has 1 heterocycles. The predicted molar refractivity (Wildman–Crippen MR) is 102 cm³/mol. The molecule has 136 valence electrons. The molecule has 0 saturated carbocycles. The molecule has 1 N–H and O–H groups in total. The molecule has 0 aliphatic heterocycles. The average Bonchev–Trinajstić information content (AvgIpc) is 3.14. The second-order valence-electron chi connectivity index (χ2n) is 6.52. The first-order valence-electron chi connectivity index (χ1n) is 8.85. The molecule has 0 aliphatic carbocycles. The molecule has 26 heavy (non-hydrogen) atoms.